The lowest BCUT2D eigenvalue weighted by atomic mass is 10.3. The molecule has 5 nitrogen and oxygen atoms in total. The summed E-state index contributed by atoms with van der Waals surface area (Å²) in [5, 5.41) is 5.89. The maximum Gasteiger partial charge on any atom is 0.266 e. The molecule has 0 bridgehead atoms. The van der Waals surface area contributed by atoms with E-state index in [4.69, 9.17) is 4.42 Å². The lowest BCUT2D eigenvalue weighted by Gasteiger charge is -2.12. The summed E-state index contributed by atoms with van der Waals surface area (Å²) in [6.07, 6.45) is 0. The molecule has 0 saturated heterocycles. The first-order valence-electron chi connectivity index (χ1n) is 7.19. The Labute approximate surface area is 137 Å². The average Bonchev–Trinajstić information content (AvgIpc) is 3.11. The van der Waals surface area contributed by atoms with E-state index in [0.29, 0.717) is 5.22 Å². The Morgan fingerprint density at radius 1 is 1.09 bits per heavy atom. The van der Waals surface area contributed by atoms with Crippen molar-refractivity contribution in [2.45, 2.75) is 17.4 Å². The highest BCUT2D eigenvalue weighted by atomic mass is 32.2. The van der Waals surface area contributed by atoms with Crippen LogP contribution in [0, 0.1) is 0 Å². The van der Waals surface area contributed by atoms with Gasteiger partial charge in [0.1, 0.15) is 10.8 Å². The van der Waals surface area contributed by atoms with Gasteiger partial charge in [-0.25, -0.2) is 4.98 Å². The van der Waals surface area contributed by atoms with E-state index in [1.807, 2.05) is 61.5 Å². The van der Waals surface area contributed by atoms with Gasteiger partial charge in [-0.2, -0.15) is 10.1 Å². The zero-order chi connectivity index (χ0) is 15.8. The molecular formula is C17H13N3O2S. The van der Waals surface area contributed by atoms with Crippen LogP contribution >= 0.6 is 11.8 Å². The zero-order valence-corrected chi connectivity index (χ0v) is 13.2. The minimum atomic E-state index is -0.414. The van der Waals surface area contributed by atoms with Crippen LogP contribution < -0.4 is 5.01 Å². The quantitative estimate of drug-likeness (QED) is 0.737. The summed E-state index contributed by atoms with van der Waals surface area (Å²) in [4.78, 5) is 17.1. The summed E-state index contributed by atoms with van der Waals surface area (Å²) in [7, 11) is 0. The van der Waals surface area contributed by atoms with Crippen molar-refractivity contribution in [1.29, 1.82) is 0 Å². The molecule has 2 heterocycles. The summed E-state index contributed by atoms with van der Waals surface area (Å²) in [5.74, 6) is -0.0824. The van der Waals surface area contributed by atoms with E-state index in [0.717, 1.165) is 22.5 Å². The van der Waals surface area contributed by atoms with Crippen molar-refractivity contribution >= 4 is 40.2 Å². The van der Waals surface area contributed by atoms with E-state index in [9.17, 15) is 4.79 Å². The fraction of sp³-hybridized carbons (Fsp3) is 0.118. The molecule has 1 aromatic heterocycles. The van der Waals surface area contributed by atoms with E-state index in [-0.39, 0.29) is 5.91 Å². The first-order chi connectivity index (χ1) is 11.2. The van der Waals surface area contributed by atoms with E-state index in [1.54, 1.807) is 0 Å². The van der Waals surface area contributed by atoms with Crippen molar-refractivity contribution in [3.8, 4) is 0 Å². The lowest BCUT2D eigenvalue weighted by Crippen LogP contribution is -2.28. The van der Waals surface area contributed by atoms with Crippen molar-refractivity contribution in [1.82, 2.24) is 4.98 Å². The molecule has 0 spiro atoms. The molecule has 23 heavy (non-hydrogen) atoms. The molecular weight excluding hydrogens is 310 g/mol. The minimum Gasteiger partial charge on any atom is -0.431 e. The monoisotopic (exact) mass is 323 g/mol. The number of benzene rings is 2. The number of oxazole rings is 1. The molecule has 1 atom stereocenters. The van der Waals surface area contributed by atoms with Crippen LogP contribution in [0.3, 0.4) is 0 Å². The Hall–Kier alpha value is -2.60. The molecule has 0 fully saturated rings. The Bertz CT molecular complexity index is 871. The van der Waals surface area contributed by atoms with Gasteiger partial charge in [-0.15, -0.1) is 0 Å². The van der Waals surface area contributed by atoms with E-state index >= 15 is 0 Å². The molecule has 0 radical (unpaired) electrons. The van der Waals surface area contributed by atoms with Gasteiger partial charge in [-0.05, 0) is 43.0 Å². The molecule has 0 aliphatic carbocycles. The van der Waals surface area contributed by atoms with Crippen LogP contribution in [0.1, 0.15) is 6.92 Å². The molecule has 2 aromatic carbocycles. The van der Waals surface area contributed by atoms with Gasteiger partial charge in [-0.3, -0.25) is 4.79 Å². The lowest BCUT2D eigenvalue weighted by molar-refractivity contribution is -0.116. The van der Waals surface area contributed by atoms with Crippen molar-refractivity contribution in [3.63, 3.8) is 0 Å². The molecule has 114 valence electrons. The number of para-hydroxylation sites is 3. The number of fused-ring (bicyclic) bond motifs is 1. The van der Waals surface area contributed by atoms with Gasteiger partial charge >= 0.3 is 0 Å². The summed E-state index contributed by atoms with van der Waals surface area (Å²) in [5.41, 5.74) is 3.01. The third-order valence-electron chi connectivity index (χ3n) is 3.56. The molecule has 0 saturated carbocycles. The maximum absolute atomic E-state index is 12.7. The number of rotatable bonds is 3. The highest BCUT2D eigenvalue weighted by molar-refractivity contribution is 8.01. The smallest absolute Gasteiger partial charge is 0.266 e. The molecule has 4 rings (SSSR count). The number of aromatic nitrogens is 1. The SMILES string of the molecule is CC1=NN(c2ccccc2)C(=O)C1Sc1nc2ccccc2o1. The molecule has 0 N–H and O–H groups in total. The number of thioether (sulfide) groups is 1. The Kier molecular flexibility index (Phi) is 3.38. The Morgan fingerprint density at radius 2 is 1.83 bits per heavy atom. The molecule has 1 aliphatic heterocycles. The first-order valence-corrected chi connectivity index (χ1v) is 8.07. The molecule has 6 heteroatoms. The van der Waals surface area contributed by atoms with Gasteiger partial charge < -0.3 is 4.42 Å². The fourth-order valence-electron chi connectivity index (χ4n) is 2.44. The molecule has 3 aromatic rings. The van der Waals surface area contributed by atoms with Crippen LogP contribution in [0.15, 0.2) is 69.3 Å². The number of anilines is 1. The summed E-state index contributed by atoms with van der Waals surface area (Å²) in [6, 6.07) is 16.9. The second kappa shape index (κ2) is 5.55. The van der Waals surface area contributed by atoms with E-state index in [2.05, 4.69) is 10.1 Å². The third-order valence-corrected chi connectivity index (χ3v) is 4.72. The number of carbonyl (C=O) groups is 1. The van der Waals surface area contributed by atoms with Crippen LogP contribution in [0.2, 0.25) is 0 Å². The average molecular weight is 323 g/mol. The number of hydrogen-bond acceptors (Lipinski definition) is 5. The van der Waals surface area contributed by atoms with Crippen molar-refractivity contribution < 1.29 is 9.21 Å². The number of nitrogens with zero attached hydrogens (tertiary/aromatic N) is 3. The predicted octanol–water partition coefficient (Wildman–Crippen LogP) is 3.71. The first kappa shape index (κ1) is 14.0. The highest BCUT2D eigenvalue weighted by Crippen LogP contribution is 2.32. The maximum atomic E-state index is 12.7. The van der Waals surface area contributed by atoms with Crippen molar-refractivity contribution in [3.05, 3.63) is 54.6 Å². The van der Waals surface area contributed by atoms with Gasteiger partial charge in [-0.1, -0.05) is 30.3 Å². The van der Waals surface area contributed by atoms with Crippen molar-refractivity contribution in [2.75, 3.05) is 5.01 Å². The largest absolute Gasteiger partial charge is 0.431 e. The van der Waals surface area contributed by atoms with E-state index in [1.165, 1.54) is 16.8 Å². The number of hydrazone groups is 1. The van der Waals surface area contributed by atoms with Crippen LogP contribution in [-0.2, 0) is 4.79 Å². The number of hydrogen-bond donors (Lipinski definition) is 0. The molecule has 1 unspecified atom stereocenters. The Morgan fingerprint density at radius 3 is 2.61 bits per heavy atom. The number of amides is 1. The molecule has 1 amide bonds. The summed E-state index contributed by atoms with van der Waals surface area (Å²) in [6.45, 7) is 1.85. The highest BCUT2D eigenvalue weighted by Gasteiger charge is 2.36. The van der Waals surface area contributed by atoms with Crippen LogP contribution in [0.4, 0.5) is 5.69 Å². The third kappa shape index (κ3) is 2.51. The van der Waals surface area contributed by atoms with Gasteiger partial charge in [0.15, 0.2) is 5.58 Å². The normalized spacial score (nSPS) is 17.8. The molecule has 1 aliphatic rings. The van der Waals surface area contributed by atoms with Crippen LogP contribution in [0.25, 0.3) is 11.1 Å². The van der Waals surface area contributed by atoms with Gasteiger partial charge in [0, 0.05) is 0 Å². The fourth-order valence-corrected chi connectivity index (χ4v) is 3.35. The topological polar surface area (TPSA) is 58.7 Å². The second-order valence-electron chi connectivity index (χ2n) is 5.17. The standard InChI is InChI=1S/C17H13N3O2S/c1-11-15(16(21)20(19-11)12-7-3-2-4-8-12)23-17-18-13-9-5-6-10-14(13)22-17/h2-10,15H,1H3. The van der Waals surface area contributed by atoms with Gasteiger partial charge in [0.25, 0.3) is 11.1 Å². The van der Waals surface area contributed by atoms with Gasteiger partial charge in [0.2, 0.25) is 0 Å². The number of carbonyl (C=O) groups excluding carboxylic acids is 1. The second-order valence-corrected chi connectivity index (χ2v) is 6.23. The van der Waals surface area contributed by atoms with Gasteiger partial charge in [0.05, 0.1) is 11.4 Å². The van der Waals surface area contributed by atoms with E-state index < -0.39 is 5.25 Å². The zero-order valence-electron chi connectivity index (χ0n) is 12.3. The van der Waals surface area contributed by atoms with Crippen LogP contribution in [0.5, 0.6) is 0 Å². The van der Waals surface area contributed by atoms with Crippen molar-refractivity contribution in [2.24, 2.45) is 5.10 Å². The Balaban J connectivity index is 1.60. The summed E-state index contributed by atoms with van der Waals surface area (Å²) < 4.78 is 5.69. The minimum absolute atomic E-state index is 0.0824. The summed E-state index contributed by atoms with van der Waals surface area (Å²) >= 11 is 1.29. The predicted molar refractivity (Wildman–Crippen MR) is 90.7 cm³/mol. The van der Waals surface area contributed by atoms with Crippen LogP contribution in [-0.4, -0.2) is 21.9 Å².